The Balaban J connectivity index is 0.000000175. The largest absolute Gasteiger partial charge is 0.461 e. The van der Waals surface area contributed by atoms with Gasteiger partial charge in [-0.25, -0.2) is 4.98 Å². The zero-order valence-corrected chi connectivity index (χ0v) is 70.1. The van der Waals surface area contributed by atoms with Crippen molar-refractivity contribution in [2.24, 2.45) is 14.1 Å². The van der Waals surface area contributed by atoms with E-state index in [9.17, 15) is 0 Å². The summed E-state index contributed by atoms with van der Waals surface area (Å²) in [5.74, 6) is 1.79. The molecule has 0 saturated carbocycles. The Bertz CT molecular complexity index is 4480. The van der Waals surface area contributed by atoms with Gasteiger partial charge in [-0.15, -0.1) is 11.3 Å². The Hall–Kier alpha value is -5.85. The molecule has 0 fully saturated rings. The van der Waals surface area contributed by atoms with Gasteiger partial charge in [-0.05, 0) is 302 Å². The predicted octanol–water partition coefficient (Wildman–Crippen LogP) is 24.4. The SMILES string of the molecule is Cc1[se]c(C)c(C)c1C.Cc1[se]c2c(C)c(C)c(C)c(C)c2c1C.Cc1c(C)c(C)c2c(c1C)c(C)c(C)n2C.Cc1c(C)c(C)n(C)c1C.Cc1nc2c(C)c(C)c(C)c(C)c2o1.Cc1oc2c(C)c(C)c(C)c(C)c2c1C.Cc1sc2c(C)c(C)c(C)c(C)c2c1C. The van der Waals surface area contributed by atoms with Gasteiger partial charge in [0.2, 0.25) is 0 Å². The van der Waals surface area contributed by atoms with Gasteiger partial charge < -0.3 is 18.0 Å². The maximum Gasteiger partial charge on any atom is 0.192 e. The fourth-order valence-corrected chi connectivity index (χ4v) is 19.8. The predicted molar refractivity (Wildman–Crippen MR) is 420 cm³/mol. The van der Waals surface area contributed by atoms with Crippen molar-refractivity contribution in [3.8, 4) is 0 Å². The van der Waals surface area contributed by atoms with Crippen molar-refractivity contribution < 1.29 is 8.83 Å². The normalized spacial score (nSPS) is 11.1. The molecule has 506 valence electrons. The van der Waals surface area contributed by atoms with E-state index in [1.54, 1.807) is 23.0 Å². The summed E-state index contributed by atoms with van der Waals surface area (Å²) in [6.45, 7) is 81.4. The van der Waals surface area contributed by atoms with Crippen molar-refractivity contribution in [1.29, 1.82) is 0 Å². The van der Waals surface area contributed by atoms with E-state index in [4.69, 9.17) is 8.83 Å². The average Bonchev–Trinajstić information content (AvgIpc) is 1.60. The van der Waals surface area contributed by atoms with Crippen LogP contribution in [0.3, 0.4) is 0 Å². The van der Waals surface area contributed by atoms with E-state index in [1.165, 1.54) is 204 Å². The van der Waals surface area contributed by atoms with E-state index in [-0.39, 0.29) is 0 Å². The molecule has 0 atom stereocenters. The molecule has 8 heteroatoms. The maximum absolute atomic E-state index is 5.85. The summed E-state index contributed by atoms with van der Waals surface area (Å²) >= 11 is 3.21. The van der Waals surface area contributed by atoms with E-state index in [0.29, 0.717) is 29.0 Å². The summed E-state index contributed by atoms with van der Waals surface area (Å²) in [6.07, 6.45) is 0. The molecule has 0 unspecified atom stereocenters. The van der Waals surface area contributed by atoms with E-state index in [1.807, 2.05) is 25.2 Å². The van der Waals surface area contributed by atoms with Crippen molar-refractivity contribution in [2.45, 2.75) is 256 Å². The van der Waals surface area contributed by atoms with Gasteiger partial charge in [-0.1, -0.05) is 0 Å². The van der Waals surface area contributed by atoms with Gasteiger partial charge in [-0.3, -0.25) is 0 Å². The number of aromatic nitrogens is 3. The third-order valence-corrected chi connectivity index (χ3v) is 30.2. The summed E-state index contributed by atoms with van der Waals surface area (Å²) in [5, 5.41) is 5.83. The van der Waals surface area contributed by atoms with Crippen LogP contribution in [0.4, 0.5) is 0 Å². The second-order valence-electron chi connectivity index (χ2n) is 27.8. The van der Waals surface area contributed by atoms with Crippen molar-refractivity contribution >= 4 is 93.0 Å². The van der Waals surface area contributed by atoms with E-state index in [0.717, 1.165) is 28.3 Å². The van der Waals surface area contributed by atoms with Gasteiger partial charge >= 0.3 is 160 Å². The number of aryl methyl sites for hydroxylation is 21. The molecule has 7 heterocycles. The van der Waals surface area contributed by atoms with Gasteiger partial charge in [0.15, 0.2) is 11.5 Å². The summed E-state index contributed by atoms with van der Waals surface area (Å²) < 4.78 is 24.0. The quantitative estimate of drug-likeness (QED) is 0.142. The van der Waals surface area contributed by atoms with Crippen molar-refractivity contribution in [3.05, 3.63) is 203 Å². The van der Waals surface area contributed by atoms with E-state index in [2.05, 4.69) is 271 Å². The minimum Gasteiger partial charge on any atom is -0.461 e. The smallest absolute Gasteiger partial charge is 0.192 e. The first kappa shape index (κ1) is 77.2. The van der Waals surface area contributed by atoms with Crippen LogP contribution in [0.1, 0.15) is 203 Å². The Morgan fingerprint density at radius 2 is 0.660 bits per heavy atom. The number of furan rings is 1. The second-order valence-corrected chi connectivity index (χ2v) is 34.6. The summed E-state index contributed by atoms with van der Waals surface area (Å²) in [4.78, 5) is 5.87. The molecule has 0 saturated heterocycles. The first-order valence-corrected chi connectivity index (χ1v) is 38.0. The van der Waals surface area contributed by atoms with Gasteiger partial charge in [0.05, 0.1) is 5.52 Å². The zero-order valence-electron chi connectivity index (χ0n) is 65.9. The van der Waals surface area contributed by atoms with Gasteiger partial charge in [0.25, 0.3) is 0 Å². The van der Waals surface area contributed by atoms with Crippen LogP contribution >= 0.6 is 11.3 Å². The summed E-state index contributed by atoms with van der Waals surface area (Å²) in [5.41, 5.74) is 48.3. The van der Waals surface area contributed by atoms with Gasteiger partial charge in [0, 0.05) is 58.5 Å². The number of nitrogens with zero attached hydrogens (tertiary/aromatic N) is 3. The Morgan fingerprint density at radius 1 is 0.277 bits per heavy atom. The Kier molecular flexibility index (Phi) is 24.5. The van der Waals surface area contributed by atoms with Crippen LogP contribution < -0.4 is 0 Å². The molecule has 0 aliphatic carbocycles. The fourth-order valence-electron chi connectivity index (χ4n) is 13.6. The van der Waals surface area contributed by atoms with Gasteiger partial charge in [0.1, 0.15) is 16.9 Å². The third-order valence-electron chi connectivity index (χ3n) is 23.5. The van der Waals surface area contributed by atoms with Crippen molar-refractivity contribution in [3.63, 3.8) is 0 Å². The van der Waals surface area contributed by atoms with Crippen LogP contribution in [0.25, 0.3) is 52.7 Å². The molecular weight excluding hydrogens is 1300 g/mol. The molecule has 0 spiro atoms. The monoisotopic (exact) mass is 1420 g/mol. The van der Waals surface area contributed by atoms with Crippen LogP contribution in [0.2, 0.25) is 0 Å². The molecule has 5 nitrogen and oxygen atoms in total. The molecular formula is C86H117N3O2SSe2. The standard InChI is InChI=1S/C15H21N.C14H18O.C14H18S.C14H18Se.C12H15NO.C9H15N.C8H12Se/c1-8-9(2)11(4)15-14(10(8)3)12(5)13(6)16(15)7;3*1-7-8(2)10(4)14-13(9(7)3)11(5)12(6)15-14;1-6-7(2)9(4)12-11(8(6)3)13-10(5)14-12;1-6-7(2)9(4)10(5)8(6)3;1-5-6(2)8(4)9-7(5)3/h1-7H3;3*1-6H3;1-5H3;1-5H3;1-4H3. The minimum atomic E-state index is 0.576. The Labute approximate surface area is 584 Å². The number of benzene rings is 5. The van der Waals surface area contributed by atoms with Crippen LogP contribution in [0, 0.1) is 256 Å². The van der Waals surface area contributed by atoms with Gasteiger partial charge in [-0.2, -0.15) is 0 Å². The van der Waals surface area contributed by atoms with E-state index >= 15 is 0 Å². The van der Waals surface area contributed by atoms with Crippen LogP contribution in [-0.4, -0.2) is 43.1 Å². The number of hydrogen-bond acceptors (Lipinski definition) is 4. The second kappa shape index (κ2) is 29.9. The molecule has 7 aromatic heterocycles. The van der Waals surface area contributed by atoms with Crippen molar-refractivity contribution in [2.75, 3.05) is 0 Å². The molecule has 0 amide bonds. The number of thiophene rings is 1. The number of hydrogen-bond donors (Lipinski definition) is 0. The molecule has 12 aromatic rings. The topological polar surface area (TPSA) is 49.0 Å². The molecule has 0 aliphatic heterocycles. The van der Waals surface area contributed by atoms with Crippen LogP contribution in [0.15, 0.2) is 8.83 Å². The number of rotatable bonds is 0. The Morgan fingerprint density at radius 3 is 1.12 bits per heavy atom. The molecule has 0 aliphatic rings. The number of fused-ring (bicyclic) bond motifs is 5. The molecule has 0 N–H and O–H groups in total. The number of oxazole rings is 1. The summed E-state index contributed by atoms with van der Waals surface area (Å²) in [7, 11) is 4.29. The minimum absolute atomic E-state index is 0.576. The summed E-state index contributed by atoms with van der Waals surface area (Å²) in [6, 6.07) is 0. The van der Waals surface area contributed by atoms with Crippen LogP contribution in [-0.2, 0) is 14.1 Å². The maximum atomic E-state index is 5.85. The first-order chi connectivity index (χ1) is 43.4. The average molecular weight is 1410 g/mol. The molecule has 0 radical (unpaired) electrons. The first-order valence-electron chi connectivity index (χ1n) is 33.8. The van der Waals surface area contributed by atoms with Crippen LogP contribution in [0.5, 0.6) is 0 Å². The fraction of sp³-hybridized carbons (Fsp3) is 0.453. The third kappa shape index (κ3) is 14.1. The zero-order chi connectivity index (χ0) is 71.5. The molecule has 0 bridgehead atoms. The molecule has 12 rings (SSSR count). The van der Waals surface area contributed by atoms with Crippen molar-refractivity contribution in [1.82, 2.24) is 14.1 Å². The van der Waals surface area contributed by atoms with E-state index < -0.39 is 0 Å². The molecule has 94 heavy (non-hydrogen) atoms. The molecule has 5 aromatic carbocycles.